The Hall–Kier alpha value is -0.950. The number of likely N-dealkylation sites (tertiary alicyclic amines) is 1. The summed E-state index contributed by atoms with van der Waals surface area (Å²) in [5.41, 5.74) is -2.97. The molecule has 5 nitrogen and oxygen atoms in total. The van der Waals surface area contributed by atoms with Crippen molar-refractivity contribution in [2.24, 2.45) is 5.41 Å². The zero-order valence-corrected chi connectivity index (χ0v) is 14.1. The van der Waals surface area contributed by atoms with E-state index < -0.39 is 28.6 Å². The first kappa shape index (κ1) is 18.4. The van der Waals surface area contributed by atoms with Crippen LogP contribution in [-0.2, 0) is 4.74 Å². The molecule has 1 aliphatic carbocycles. The van der Waals surface area contributed by atoms with Crippen LogP contribution in [0.5, 0.6) is 0 Å². The van der Waals surface area contributed by atoms with Gasteiger partial charge in [0.1, 0.15) is 5.60 Å². The summed E-state index contributed by atoms with van der Waals surface area (Å²) in [6.07, 6.45) is -0.851. The standard InChI is InChI=1S/C16H27F2NO4/c1-13(2,3)23-12(21)19-9-8-15(22,10-19)14(11-20)4-6-16(17,18)7-5-14/h20,22H,4-11H2,1-3H3. The van der Waals surface area contributed by atoms with Crippen LogP contribution in [0.4, 0.5) is 13.6 Å². The predicted molar refractivity (Wildman–Crippen MR) is 80.3 cm³/mol. The molecule has 1 unspecified atom stereocenters. The fourth-order valence-corrected chi connectivity index (χ4v) is 3.57. The molecule has 0 aromatic rings. The zero-order valence-electron chi connectivity index (χ0n) is 14.1. The number of aliphatic hydroxyl groups is 2. The van der Waals surface area contributed by atoms with Crippen LogP contribution in [0.3, 0.4) is 0 Å². The molecule has 1 amide bonds. The number of halogens is 2. The van der Waals surface area contributed by atoms with E-state index in [0.29, 0.717) is 6.54 Å². The van der Waals surface area contributed by atoms with Crippen LogP contribution in [0.15, 0.2) is 0 Å². The van der Waals surface area contributed by atoms with E-state index in [1.165, 1.54) is 4.90 Å². The van der Waals surface area contributed by atoms with Crippen molar-refractivity contribution in [2.75, 3.05) is 19.7 Å². The highest BCUT2D eigenvalue weighted by molar-refractivity contribution is 5.68. The Morgan fingerprint density at radius 2 is 1.74 bits per heavy atom. The second-order valence-electron chi connectivity index (χ2n) is 7.98. The molecule has 2 fully saturated rings. The molecule has 134 valence electrons. The van der Waals surface area contributed by atoms with Crippen molar-refractivity contribution in [1.82, 2.24) is 4.90 Å². The number of carbonyl (C=O) groups excluding carboxylic acids is 1. The molecule has 1 atom stereocenters. The monoisotopic (exact) mass is 335 g/mol. The minimum absolute atomic E-state index is 0.00798. The molecule has 0 spiro atoms. The lowest BCUT2D eigenvalue weighted by atomic mass is 9.62. The summed E-state index contributed by atoms with van der Waals surface area (Å²) in [6.45, 7) is 5.21. The number of carbonyl (C=O) groups is 1. The molecule has 2 rings (SSSR count). The lowest BCUT2D eigenvalue weighted by molar-refractivity contribution is -0.158. The highest BCUT2D eigenvalue weighted by atomic mass is 19.3. The van der Waals surface area contributed by atoms with Gasteiger partial charge in [0.05, 0.1) is 18.8 Å². The van der Waals surface area contributed by atoms with Crippen LogP contribution in [0.1, 0.15) is 52.9 Å². The van der Waals surface area contributed by atoms with Gasteiger partial charge in [0, 0.05) is 24.8 Å². The largest absolute Gasteiger partial charge is 0.444 e. The van der Waals surface area contributed by atoms with Gasteiger partial charge in [-0.2, -0.15) is 0 Å². The van der Waals surface area contributed by atoms with Crippen LogP contribution in [0.2, 0.25) is 0 Å². The summed E-state index contributed by atoms with van der Waals surface area (Å²) in [5.74, 6) is -2.74. The van der Waals surface area contributed by atoms with Crippen molar-refractivity contribution < 1.29 is 28.5 Å². The number of β-amino-alcohol motifs (C(OH)–C–C–N with tert-alkyl or cyclic N) is 1. The summed E-state index contributed by atoms with van der Waals surface area (Å²) in [4.78, 5) is 13.5. The van der Waals surface area contributed by atoms with Crippen LogP contribution in [0, 0.1) is 5.41 Å². The van der Waals surface area contributed by atoms with Gasteiger partial charge in [-0.05, 0) is 40.0 Å². The molecular weight excluding hydrogens is 308 g/mol. The van der Waals surface area contributed by atoms with Gasteiger partial charge in [-0.1, -0.05) is 0 Å². The zero-order chi connectivity index (χ0) is 17.5. The predicted octanol–water partition coefficient (Wildman–Crippen LogP) is 2.55. The SMILES string of the molecule is CC(C)(C)OC(=O)N1CCC(O)(C2(CO)CCC(F)(F)CC2)C1. The van der Waals surface area contributed by atoms with Gasteiger partial charge in [-0.3, -0.25) is 0 Å². The molecule has 2 aliphatic rings. The van der Waals surface area contributed by atoms with E-state index in [1.54, 1.807) is 20.8 Å². The highest BCUT2D eigenvalue weighted by Crippen LogP contribution is 2.52. The molecule has 0 bridgehead atoms. The lowest BCUT2D eigenvalue weighted by Crippen LogP contribution is -2.55. The summed E-state index contributed by atoms with van der Waals surface area (Å²) in [5, 5.41) is 20.8. The number of amides is 1. The number of rotatable bonds is 2. The van der Waals surface area contributed by atoms with Crippen LogP contribution in [-0.4, -0.2) is 58.0 Å². The topological polar surface area (TPSA) is 70.0 Å². The third-order valence-corrected chi connectivity index (χ3v) is 5.13. The first-order valence-corrected chi connectivity index (χ1v) is 8.11. The first-order valence-electron chi connectivity index (χ1n) is 8.11. The van der Waals surface area contributed by atoms with E-state index in [9.17, 15) is 23.8 Å². The molecular formula is C16H27F2NO4. The van der Waals surface area contributed by atoms with Gasteiger partial charge in [0.15, 0.2) is 0 Å². The third-order valence-electron chi connectivity index (χ3n) is 5.13. The Morgan fingerprint density at radius 1 is 1.17 bits per heavy atom. The molecule has 0 radical (unpaired) electrons. The van der Waals surface area contributed by atoms with Crippen molar-refractivity contribution in [3.8, 4) is 0 Å². The van der Waals surface area contributed by atoms with Crippen molar-refractivity contribution in [2.45, 2.75) is 70.0 Å². The fraction of sp³-hybridized carbons (Fsp3) is 0.938. The molecule has 1 aliphatic heterocycles. The van der Waals surface area contributed by atoms with Gasteiger partial charge in [0.2, 0.25) is 5.92 Å². The Balaban J connectivity index is 2.09. The van der Waals surface area contributed by atoms with Crippen LogP contribution in [0.25, 0.3) is 0 Å². The Labute approximate surface area is 135 Å². The normalized spacial score (nSPS) is 30.3. The second-order valence-corrected chi connectivity index (χ2v) is 7.98. The molecule has 2 N–H and O–H groups in total. The maximum absolute atomic E-state index is 13.4. The molecule has 1 saturated carbocycles. The van der Waals surface area contributed by atoms with E-state index in [0.717, 1.165) is 0 Å². The second kappa shape index (κ2) is 5.84. The maximum atomic E-state index is 13.4. The number of hydrogen-bond donors (Lipinski definition) is 2. The van der Waals surface area contributed by atoms with Gasteiger partial charge in [-0.15, -0.1) is 0 Å². The number of nitrogens with zero attached hydrogens (tertiary/aromatic N) is 1. The van der Waals surface area contributed by atoms with E-state index in [-0.39, 0.29) is 45.3 Å². The minimum Gasteiger partial charge on any atom is -0.444 e. The molecule has 1 saturated heterocycles. The molecule has 1 heterocycles. The summed E-state index contributed by atoms with van der Waals surface area (Å²) < 4.78 is 32.2. The smallest absolute Gasteiger partial charge is 0.410 e. The number of alkyl halides is 2. The molecule has 0 aromatic carbocycles. The molecule has 23 heavy (non-hydrogen) atoms. The Morgan fingerprint density at radius 3 is 2.22 bits per heavy atom. The average Bonchev–Trinajstić information content (AvgIpc) is 2.82. The van der Waals surface area contributed by atoms with Gasteiger partial charge in [0.25, 0.3) is 0 Å². The summed E-state index contributed by atoms with van der Waals surface area (Å²) in [6, 6.07) is 0. The van der Waals surface area contributed by atoms with E-state index in [2.05, 4.69) is 0 Å². The van der Waals surface area contributed by atoms with Gasteiger partial charge >= 0.3 is 6.09 Å². The van der Waals surface area contributed by atoms with Crippen LogP contribution < -0.4 is 0 Å². The summed E-state index contributed by atoms with van der Waals surface area (Å²) in [7, 11) is 0. The number of hydrogen-bond acceptors (Lipinski definition) is 4. The fourth-order valence-electron chi connectivity index (χ4n) is 3.57. The Bertz CT molecular complexity index is 453. The lowest BCUT2D eigenvalue weighted by Gasteiger charge is -2.48. The van der Waals surface area contributed by atoms with E-state index in [4.69, 9.17) is 4.74 Å². The number of aliphatic hydroxyl groups excluding tert-OH is 1. The summed E-state index contributed by atoms with van der Waals surface area (Å²) >= 11 is 0. The first-order chi connectivity index (χ1) is 10.4. The molecule has 7 heteroatoms. The van der Waals surface area contributed by atoms with Crippen molar-refractivity contribution in [1.29, 1.82) is 0 Å². The third kappa shape index (κ3) is 3.76. The maximum Gasteiger partial charge on any atom is 0.410 e. The minimum atomic E-state index is -2.74. The van der Waals surface area contributed by atoms with Gasteiger partial charge < -0.3 is 19.8 Å². The average molecular weight is 335 g/mol. The quantitative estimate of drug-likeness (QED) is 0.814. The van der Waals surface area contributed by atoms with Crippen molar-refractivity contribution in [3.05, 3.63) is 0 Å². The van der Waals surface area contributed by atoms with Gasteiger partial charge in [-0.25, -0.2) is 13.6 Å². The molecule has 0 aromatic heterocycles. The van der Waals surface area contributed by atoms with Crippen LogP contribution >= 0.6 is 0 Å². The van der Waals surface area contributed by atoms with E-state index in [1.807, 2.05) is 0 Å². The van der Waals surface area contributed by atoms with Crippen molar-refractivity contribution >= 4 is 6.09 Å². The number of ether oxygens (including phenoxy) is 1. The van der Waals surface area contributed by atoms with E-state index >= 15 is 0 Å². The highest BCUT2D eigenvalue weighted by Gasteiger charge is 2.57. The van der Waals surface area contributed by atoms with Crippen molar-refractivity contribution in [3.63, 3.8) is 0 Å². The Kier molecular flexibility index (Phi) is 4.67.